The lowest BCUT2D eigenvalue weighted by Crippen LogP contribution is -2.31. The van der Waals surface area contributed by atoms with Crippen LogP contribution in [0.15, 0.2) is 35.2 Å². The maximum absolute atomic E-state index is 12.9. The highest BCUT2D eigenvalue weighted by Crippen LogP contribution is 2.34. The Kier molecular flexibility index (Phi) is 6.91. The SMILES string of the molecule is CC[SH](C)(=O)c1cc(Cl)c(Cl)cc1NNC(=O)c1cc(Cl)cc(C(F)(F)F)c1. The fourth-order valence-electron chi connectivity index (χ4n) is 2.28. The molecule has 4 nitrogen and oxygen atoms in total. The molecular weight excluding hydrogens is 460 g/mol. The average Bonchev–Trinajstić information content (AvgIpc) is 2.60. The molecule has 0 aliphatic carbocycles. The Hall–Kier alpha value is -1.48. The lowest BCUT2D eigenvalue weighted by molar-refractivity contribution is -0.137. The summed E-state index contributed by atoms with van der Waals surface area (Å²) < 4.78 is 51.5. The molecule has 0 fully saturated rings. The Bertz CT molecular complexity index is 967. The number of alkyl halides is 3. The summed E-state index contributed by atoms with van der Waals surface area (Å²) in [5.74, 6) is -0.538. The van der Waals surface area contributed by atoms with Crippen molar-refractivity contribution in [3.63, 3.8) is 0 Å². The average molecular weight is 476 g/mol. The summed E-state index contributed by atoms with van der Waals surface area (Å²) in [6, 6.07) is 5.31. The summed E-state index contributed by atoms with van der Waals surface area (Å²) in [6.45, 7) is 1.73. The van der Waals surface area contributed by atoms with Crippen LogP contribution in [0.1, 0.15) is 22.8 Å². The molecule has 0 saturated heterocycles. The zero-order valence-electron chi connectivity index (χ0n) is 14.6. The van der Waals surface area contributed by atoms with Gasteiger partial charge in [-0.15, -0.1) is 0 Å². The number of nitrogens with one attached hydrogen (secondary N) is 2. The van der Waals surface area contributed by atoms with Gasteiger partial charge in [-0.25, -0.2) is 0 Å². The highest BCUT2D eigenvalue weighted by molar-refractivity contribution is 8.02. The highest BCUT2D eigenvalue weighted by Gasteiger charge is 2.31. The minimum atomic E-state index is -4.65. The molecule has 0 radical (unpaired) electrons. The van der Waals surface area contributed by atoms with Crippen molar-refractivity contribution in [2.45, 2.75) is 18.0 Å². The van der Waals surface area contributed by atoms with E-state index in [4.69, 9.17) is 34.8 Å². The van der Waals surface area contributed by atoms with E-state index in [1.54, 1.807) is 13.2 Å². The molecule has 0 atom stereocenters. The molecule has 2 rings (SSSR count). The quantitative estimate of drug-likeness (QED) is 0.398. The predicted molar refractivity (Wildman–Crippen MR) is 108 cm³/mol. The number of rotatable bonds is 5. The summed E-state index contributed by atoms with van der Waals surface area (Å²) in [6.07, 6.45) is -3.10. The summed E-state index contributed by atoms with van der Waals surface area (Å²) >= 11 is 17.7. The first-order valence-electron chi connectivity index (χ1n) is 7.85. The van der Waals surface area contributed by atoms with E-state index >= 15 is 0 Å². The van der Waals surface area contributed by atoms with Crippen LogP contribution in [0.3, 0.4) is 0 Å². The van der Waals surface area contributed by atoms with Crippen LogP contribution in [0.25, 0.3) is 0 Å². The van der Waals surface area contributed by atoms with Crippen molar-refractivity contribution in [3.8, 4) is 0 Å². The van der Waals surface area contributed by atoms with Crippen LogP contribution in [0.5, 0.6) is 0 Å². The molecule has 0 aliphatic heterocycles. The van der Waals surface area contributed by atoms with Crippen molar-refractivity contribution < 1.29 is 22.2 Å². The van der Waals surface area contributed by atoms with Crippen molar-refractivity contribution in [3.05, 3.63) is 56.5 Å². The molecule has 0 aliphatic rings. The van der Waals surface area contributed by atoms with E-state index in [9.17, 15) is 22.2 Å². The number of hydrogen-bond acceptors (Lipinski definition) is 3. The van der Waals surface area contributed by atoms with Crippen LogP contribution in [-0.4, -0.2) is 22.1 Å². The van der Waals surface area contributed by atoms with Crippen LogP contribution in [0.2, 0.25) is 15.1 Å². The second kappa shape index (κ2) is 8.49. The van der Waals surface area contributed by atoms with Crippen molar-refractivity contribution in [2.24, 2.45) is 0 Å². The van der Waals surface area contributed by atoms with E-state index in [0.717, 1.165) is 12.1 Å². The first kappa shape index (κ1) is 22.8. The third-order valence-corrected chi connectivity index (χ3v) is 7.49. The topological polar surface area (TPSA) is 58.2 Å². The monoisotopic (exact) mass is 474 g/mol. The summed E-state index contributed by atoms with van der Waals surface area (Å²) in [5, 5.41) is 0.105. The summed E-state index contributed by atoms with van der Waals surface area (Å²) in [5.41, 5.74) is 3.70. The van der Waals surface area contributed by atoms with E-state index in [0.29, 0.717) is 16.7 Å². The van der Waals surface area contributed by atoms with Gasteiger partial charge in [0.15, 0.2) is 0 Å². The van der Waals surface area contributed by atoms with Gasteiger partial charge in [-0.2, -0.15) is 13.2 Å². The third kappa shape index (κ3) is 5.31. The van der Waals surface area contributed by atoms with Gasteiger partial charge in [-0.3, -0.25) is 19.9 Å². The standard InChI is InChI=1S/C17H16Cl3F3N2O2S/c1-3-28(2,27)15-8-13(20)12(19)7-14(15)24-25-16(26)9-4-10(17(21,22)23)6-11(18)5-9/h4-8,24,28H,3H2,1-2H3,(H,25,26). The van der Waals surface area contributed by atoms with E-state index in [1.807, 2.05) is 0 Å². The first-order valence-corrected chi connectivity index (χ1v) is 11.3. The summed E-state index contributed by atoms with van der Waals surface area (Å²) in [4.78, 5) is 12.7. The number of halogens is 6. The minimum Gasteiger partial charge on any atom is -0.297 e. The van der Waals surface area contributed by atoms with Gasteiger partial charge in [-0.05, 0) is 36.6 Å². The molecule has 11 heteroatoms. The van der Waals surface area contributed by atoms with Gasteiger partial charge in [0, 0.05) is 21.2 Å². The van der Waals surface area contributed by atoms with Crippen LogP contribution in [0.4, 0.5) is 18.9 Å². The fourth-order valence-corrected chi connectivity index (χ4v) is 4.29. The zero-order valence-corrected chi connectivity index (χ0v) is 17.8. The van der Waals surface area contributed by atoms with Gasteiger partial charge in [-0.1, -0.05) is 51.7 Å². The Morgan fingerprint density at radius 2 is 1.68 bits per heavy atom. The number of carbonyl (C=O) groups excluding carboxylic acids is 1. The van der Waals surface area contributed by atoms with Crippen molar-refractivity contribution in [2.75, 3.05) is 17.4 Å². The first-order chi connectivity index (χ1) is 12.8. The number of anilines is 1. The zero-order chi connectivity index (χ0) is 21.3. The second-order valence-corrected chi connectivity index (χ2v) is 10.6. The molecular formula is C17H16Cl3F3N2O2S. The Balaban J connectivity index is 2.32. The van der Waals surface area contributed by atoms with Crippen LogP contribution in [0, 0.1) is 0 Å². The molecule has 0 saturated carbocycles. The molecule has 0 spiro atoms. The third-order valence-electron chi connectivity index (χ3n) is 3.95. The van der Waals surface area contributed by atoms with E-state index in [2.05, 4.69) is 10.9 Å². The van der Waals surface area contributed by atoms with E-state index in [-0.39, 0.29) is 26.3 Å². The normalized spacial score (nSPS) is 12.6. The highest BCUT2D eigenvalue weighted by atomic mass is 35.5. The van der Waals surface area contributed by atoms with Gasteiger partial charge < -0.3 is 0 Å². The second-order valence-electron chi connectivity index (χ2n) is 6.01. The van der Waals surface area contributed by atoms with Crippen molar-refractivity contribution in [1.29, 1.82) is 0 Å². The lowest BCUT2D eigenvalue weighted by atomic mass is 10.1. The maximum atomic E-state index is 12.9. The molecule has 2 N–H and O–H groups in total. The summed E-state index contributed by atoms with van der Waals surface area (Å²) in [7, 11) is -2.81. The largest absolute Gasteiger partial charge is 0.416 e. The van der Waals surface area contributed by atoms with Crippen LogP contribution >= 0.6 is 34.8 Å². The van der Waals surface area contributed by atoms with Crippen molar-refractivity contribution in [1.82, 2.24) is 5.43 Å². The van der Waals surface area contributed by atoms with Gasteiger partial charge >= 0.3 is 6.18 Å². The van der Waals surface area contributed by atoms with Gasteiger partial charge in [0.05, 0.1) is 21.3 Å². The maximum Gasteiger partial charge on any atom is 0.416 e. The molecule has 0 bridgehead atoms. The number of thiol groups is 1. The smallest absolute Gasteiger partial charge is 0.297 e. The number of hydrogen-bond donors (Lipinski definition) is 3. The van der Waals surface area contributed by atoms with Gasteiger partial charge in [0.1, 0.15) is 0 Å². The molecule has 0 aromatic heterocycles. The minimum absolute atomic E-state index is 0.153. The molecule has 154 valence electrons. The predicted octanol–water partition coefficient (Wildman–Crippen LogP) is 5.45. The van der Waals surface area contributed by atoms with E-state index < -0.39 is 27.6 Å². The Labute approximate surface area is 175 Å². The molecule has 2 aromatic rings. The number of benzene rings is 2. The Morgan fingerprint density at radius 3 is 2.25 bits per heavy atom. The van der Waals surface area contributed by atoms with Crippen molar-refractivity contribution >= 4 is 56.3 Å². The molecule has 28 heavy (non-hydrogen) atoms. The molecule has 0 unspecified atom stereocenters. The van der Waals surface area contributed by atoms with E-state index in [1.165, 1.54) is 12.1 Å². The number of amides is 1. The fraction of sp³-hybridized carbons (Fsp3) is 0.235. The Morgan fingerprint density at radius 1 is 1.07 bits per heavy atom. The number of carbonyl (C=O) groups is 1. The molecule has 2 aromatic carbocycles. The van der Waals surface area contributed by atoms with Crippen LogP contribution < -0.4 is 10.9 Å². The van der Waals surface area contributed by atoms with Gasteiger partial charge in [0.25, 0.3) is 5.91 Å². The lowest BCUT2D eigenvalue weighted by Gasteiger charge is -2.22. The molecule has 0 heterocycles. The molecule has 1 amide bonds. The van der Waals surface area contributed by atoms with Crippen LogP contribution in [-0.2, 0) is 16.1 Å². The number of hydrazine groups is 1. The van der Waals surface area contributed by atoms with Gasteiger partial charge in [0.2, 0.25) is 0 Å².